The molecule has 1 N–H and O–H groups in total. The van der Waals surface area contributed by atoms with Gasteiger partial charge in [-0.25, -0.2) is 0 Å². The van der Waals surface area contributed by atoms with Crippen LogP contribution in [0.25, 0.3) is 0 Å². The number of hydrogen-bond donors (Lipinski definition) is 1. The van der Waals surface area contributed by atoms with E-state index in [4.69, 9.17) is 16.7 Å². The quantitative estimate of drug-likeness (QED) is 0.867. The molecule has 0 radical (unpaired) electrons. The number of piperidine rings is 1. The number of thiophene rings is 1. The van der Waals surface area contributed by atoms with Gasteiger partial charge < -0.3 is 10.0 Å². The van der Waals surface area contributed by atoms with E-state index < -0.39 is 5.97 Å². The van der Waals surface area contributed by atoms with Crippen molar-refractivity contribution in [2.45, 2.75) is 51.0 Å². The first-order chi connectivity index (χ1) is 10.1. The van der Waals surface area contributed by atoms with Gasteiger partial charge in [-0.1, -0.05) is 11.6 Å². The second-order valence-electron chi connectivity index (χ2n) is 5.37. The van der Waals surface area contributed by atoms with E-state index in [9.17, 15) is 9.59 Å². The average molecular weight is 330 g/mol. The van der Waals surface area contributed by atoms with Gasteiger partial charge in [-0.2, -0.15) is 0 Å². The van der Waals surface area contributed by atoms with Crippen molar-refractivity contribution in [3.8, 4) is 0 Å². The van der Waals surface area contributed by atoms with Crippen LogP contribution in [0.3, 0.4) is 0 Å². The van der Waals surface area contributed by atoms with E-state index in [1.54, 1.807) is 0 Å². The van der Waals surface area contributed by atoms with Gasteiger partial charge in [0.05, 0.1) is 4.34 Å². The number of likely N-dealkylation sites (tertiary alicyclic amines) is 1. The van der Waals surface area contributed by atoms with Crippen molar-refractivity contribution in [3.63, 3.8) is 0 Å². The molecule has 1 atom stereocenters. The number of carbonyl (C=O) groups excluding carboxylic acids is 1. The Morgan fingerprint density at radius 2 is 2.14 bits per heavy atom. The van der Waals surface area contributed by atoms with Crippen molar-refractivity contribution < 1.29 is 14.7 Å². The minimum absolute atomic E-state index is 0.0919. The summed E-state index contributed by atoms with van der Waals surface area (Å²) in [4.78, 5) is 26.1. The highest BCUT2D eigenvalue weighted by Crippen LogP contribution is 2.25. The molecule has 1 aromatic heterocycles. The van der Waals surface area contributed by atoms with E-state index in [0.717, 1.165) is 35.0 Å². The maximum atomic E-state index is 12.4. The molecule has 1 aliphatic heterocycles. The lowest BCUT2D eigenvalue weighted by Crippen LogP contribution is -2.44. The second kappa shape index (κ2) is 7.80. The lowest BCUT2D eigenvalue weighted by atomic mass is 9.97. The van der Waals surface area contributed by atoms with Gasteiger partial charge in [0.15, 0.2) is 0 Å². The fourth-order valence-electron chi connectivity index (χ4n) is 2.78. The first-order valence-corrected chi connectivity index (χ1v) is 8.51. The highest BCUT2D eigenvalue weighted by Gasteiger charge is 2.26. The number of aliphatic carboxylic acids is 1. The van der Waals surface area contributed by atoms with Crippen molar-refractivity contribution in [1.82, 2.24) is 4.90 Å². The molecule has 0 bridgehead atoms. The summed E-state index contributed by atoms with van der Waals surface area (Å²) >= 11 is 7.39. The highest BCUT2D eigenvalue weighted by atomic mass is 35.5. The monoisotopic (exact) mass is 329 g/mol. The molecule has 0 spiro atoms. The molecule has 4 nitrogen and oxygen atoms in total. The largest absolute Gasteiger partial charge is 0.481 e. The van der Waals surface area contributed by atoms with Crippen LogP contribution < -0.4 is 0 Å². The van der Waals surface area contributed by atoms with E-state index in [-0.39, 0.29) is 18.4 Å². The standard InChI is InChI=1S/C15H20ClNO3S/c16-13-7-5-12(21-13)6-8-14(18)17-10-2-1-3-11(17)4-9-15(19)20/h5,7,11H,1-4,6,8-10H2,(H,19,20)/t11-/m1/s1. The molecular weight excluding hydrogens is 310 g/mol. The number of carboxylic acid groups (broad SMARTS) is 1. The lowest BCUT2D eigenvalue weighted by Gasteiger charge is -2.35. The molecule has 2 heterocycles. The smallest absolute Gasteiger partial charge is 0.303 e. The molecule has 1 saturated heterocycles. The van der Waals surface area contributed by atoms with Crippen molar-refractivity contribution in [3.05, 3.63) is 21.3 Å². The van der Waals surface area contributed by atoms with E-state index in [1.165, 1.54) is 11.3 Å². The predicted octanol–water partition coefficient (Wildman–Crippen LogP) is 3.58. The molecule has 6 heteroatoms. The van der Waals surface area contributed by atoms with Crippen molar-refractivity contribution >= 4 is 34.8 Å². The number of rotatable bonds is 6. The van der Waals surface area contributed by atoms with E-state index in [0.29, 0.717) is 19.3 Å². The number of nitrogens with zero attached hydrogens (tertiary/aromatic N) is 1. The Bertz CT molecular complexity index is 503. The maximum Gasteiger partial charge on any atom is 0.303 e. The van der Waals surface area contributed by atoms with Crippen LogP contribution in [-0.2, 0) is 16.0 Å². The average Bonchev–Trinajstić information content (AvgIpc) is 2.88. The molecule has 21 heavy (non-hydrogen) atoms. The number of halogens is 1. The normalized spacial score (nSPS) is 18.7. The van der Waals surface area contributed by atoms with Crippen LogP contribution in [-0.4, -0.2) is 34.5 Å². The minimum atomic E-state index is -0.791. The predicted molar refractivity (Wildman–Crippen MR) is 83.9 cm³/mol. The molecule has 1 aliphatic rings. The third-order valence-corrected chi connectivity index (χ3v) is 5.14. The zero-order valence-electron chi connectivity index (χ0n) is 11.9. The summed E-state index contributed by atoms with van der Waals surface area (Å²) in [5.41, 5.74) is 0. The van der Waals surface area contributed by atoms with E-state index >= 15 is 0 Å². The van der Waals surface area contributed by atoms with Crippen LogP contribution in [0.5, 0.6) is 0 Å². The van der Waals surface area contributed by atoms with Crippen molar-refractivity contribution in [2.75, 3.05) is 6.54 Å². The van der Waals surface area contributed by atoms with Crippen LogP contribution in [0.2, 0.25) is 4.34 Å². The first-order valence-electron chi connectivity index (χ1n) is 7.31. The first kappa shape index (κ1) is 16.3. The van der Waals surface area contributed by atoms with Crippen LogP contribution in [0.1, 0.15) is 43.4 Å². The zero-order chi connectivity index (χ0) is 15.2. The van der Waals surface area contributed by atoms with Gasteiger partial charge >= 0.3 is 5.97 Å². The summed E-state index contributed by atoms with van der Waals surface area (Å²) in [5.74, 6) is -0.657. The van der Waals surface area contributed by atoms with Gasteiger partial charge in [0.1, 0.15) is 0 Å². The second-order valence-corrected chi connectivity index (χ2v) is 7.17. The van der Waals surface area contributed by atoms with Gasteiger partial charge in [0.25, 0.3) is 0 Å². The highest BCUT2D eigenvalue weighted by molar-refractivity contribution is 7.16. The molecule has 2 rings (SSSR count). The Morgan fingerprint density at radius 3 is 2.81 bits per heavy atom. The number of hydrogen-bond acceptors (Lipinski definition) is 3. The number of amides is 1. The summed E-state index contributed by atoms with van der Waals surface area (Å²) < 4.78 is 0.745. The fraction of sp³-hybridized carbons (Fsp3) is 0.600. The molecule has 0 saturated carbocycles. The molecule has 1 amide bonds. The summed E-state index contributed by atoms with van der Waals surface area (Å²) in [5, 5.41) is 8.81. The summed E-state index contributed by atoms with van der Waals surface area (Å²) in [6.45, 7) is 0.758. The molecular formula is C15H20ClNO3S. The molecule has 116 valence electrons. The third-order valence-electron chi connectivity index (χ3n) is 3.85. The topological polar surface area (TPSA) is 57.6 Å². The van der Waals surface area contributed by atoms with Crippen molar-refractivity contribution in [1.29, 1.82) is 0 Å². The van der Waals surface area contributed by atoms with Gasteiger partial charge in [-0.3, -0.25) is 9.59 Å². The minimum Gasteiger partial charge on any atom is -0.481 e. The summed E-state index contributed by atoms with van der Waals surface area (Å²) in [7, 11) is 0. The molecule has 0 unspecified atom stereocenters. The van der Waals surface area contributed by atoms with Gasteiger partial charge in [-0.15, -0.1) is 11.3 Å². The maximum absolute atomic E-state index is 12.4. The van der Waals surface area contributed by atoms with Crippen LogP contribution >= 0.6 is 22.9 Å². The van der Waals surface area contributed by atoms with Gasteiger partial charge in [-0.05, 0) is 44.2 Å². The lowest BCUT2D eigenvalue weighted by molar-refractivity contribution is -0.140. The van der Waals surface area contributed by atoms with E-state index in [2.05, 4.69) is 0 Å². The third kappa shape index (κ3) is 5.00. The Hall–Kier alpha value is -1.07. The van der Waals surface area contributed by atoms with Crippen molar-refractivity contribution in [2.24, 2.45) is 0 Å². The molecule has 1 aromatic rings. The van der Waals surface area contributed by atoms with E-state index in [1.807, 2.05) is 17.0 Å². The summed E-state index contributed by atoms with van der Waals surface area (Å²) in [6, 6.07) is 3.90. The number of carboxylic acids is 1. The Kier molecular flexibility index (Phi) is 6.06. The van der Waals surface area contributed by atoms with Gasteiger partial charge in [0, 0.05) is 30.3 Å². The fourth-order valence-corrected chi connectivity index (χ4v) is 3.87. The molecule has 0 aromatic carbocycles. The molecule has 0 aliphatic carbocycles. The Balaban J connectivity index is 1.87. The van der Waals surface area contributed by atoms with Crippen LogP contribution in [0, 0.1) is 0 Å². The number of carbonyl (C=O) groups is 2. The SMILES string of the molecule is O=C(O)CC[C@H]1CCCCN1C(=O)CCc1ccc(Cl)s1. The Labute approximate surface area is 133 Å². The summed E-state index contributed by atoms with van der Waals surface area (Å²) in [6.07, 6.45) is 4.89. The zero-order valence-corrected chi connectivity index (χ0v) is 13.5. The van der Waals surface area contributed by atoms with Crippen LogP contribution in [0.15, 0.2) is 12.1 Å². The van der Waals surface area contributed by atoms with Crippen LogP contribution in [0.4, 0.5) is 0 Å². The Morgan fingerprint density at radius 1 is 1.33 bits per heavy atom. The number of aryl methyl sites for hydroxylation is 1. The molecule has 1 fully saturated rings. The van der Waals surface area contributed by atoms with Gasteiger partial charge in [0.2, 0.25) is 5.91 Å².